The van der Waals surface area contributed by atoms with Gasteiger partial charge in [-0.25, -0.2) is 0 Å². The molecule has 0 bridgehead atoms. The molecule has 0 saturated carbocycles. The average Bonchev–Trinajstić information content (AvgIpc) is 2.69. The summed E-state index contributed by atoms with van der Waals surface area (Å²) < 4.78 is 5.86. The molecular weight excluding hydrogens is 348 g/mol. The molecule has 1 N–H and O–H groups in total. The van der Waals surface area contributed by atoms with Gasteiger partial charge in [0.2, 0.25) is 5.91 Å². The van der Waals surface area contributed by atoms with E-state index in [2.05, 4.69) is 41.4 Å². The van der Waals surface area contributed by atoms with Gasteiger partial charge in [0, 0.05) is 12.5 Å². The second-order valence-corrected chi connectivity index (χ2v) is 8.02. The standard InChI is InChI=1S/C24H32N2O2/c1-18-8-10-21(11-9-18)16-26-14-12-22(13-15-26)24(27)25-20(3)17-28-23-7-5-4-6-19(23)2/h4-11,20,22H,12-17H2,1-3H3,(H,25,27)/t20-/m1/s1. The zero-order chi connectivity index (χ0) is 19.9. The molecule has 1 fully saturated rings. The lowest BCUT2D eigenvalue weighted by atomic mass is 9.95. The third-order valence-corrected chi connectivity index (χ3v) is 5.46. The molecule has 0 aromatic heterocycles. The van der Waals surface area contributed by atoms with E-state index in [4.69, 9.17) is 4.74 Å². The first-order valence-corrected chi connectivity index (χ1v) is 10.3. The van der Waals surface area contributed by atoms with Crippen LogP contribution in [0.3, 0.4) is 0 Å². The molecule has 4 nitrogen and oxygen atoms in total. The Balaban J connectivity index is 1.39. The number of aryl methyl sites for hydroxylation is 2. The highest BCUT2D eigenvalue weighted by molar-refractivity contribution is 5.79. The molecule has 2 aromatic rings. The molecule has 0 aliphatic carbocycles. The van der Waals surface area contributed by atoms with Gasteiger partial charge < -0.3 is 10.1 Å². The number of carbonyl (C=O) groups excluding carboxylic acids is 1. The first-order chi connectivity index (χ1) is 13.5. The van der Waals surface area contributed by atoms with E-state index < -0.39 is 0 Å². The predicted octanol–water partition coefficient (Wildman–Crippen LogP) is 4.10. The Kier molecular flexibility index (Phi) is 7.10. The maximum absolute atomic E-state index is 12.6. The summed E-state index contributed by atoms with van der Waals surface area (Å²) in [6, 6.07) is 16.7. The molecule has 1 amide bonds. The summed E-state index contributed by atoms with van der Waals surface area (Å²) in [7, 11) is 0. The fraction of sp³-hybridized carbons (Fsp3) is 0.458. The first kappa shape index (κ1) is 20.4. The molecule has 1 aliphatic rings. The second kappa shape index (κ2) is 9.74. The molecule has 0 spiro atoms. The van der Waals surface area contributed by atoms with Crippen molar-refractivity contribution in [3.63, 3.8) is 0 Å². The van der Waals surface area contributed by atoms with Crippen molar-refractivity contribution in [2.75, 3.05) is 19.7 Å². The number of hydrogen-bond donors (Lipinski definition) is 1. The van der Waals surface area contributed by atoms with Crippen molar-refractivity contribution in [3.05, 3.63) is 65.2 Å². The highest BCUT2D eigenvalue weighted by atomic mass is 16.5. The van der Waals surface area contributed by atoms with Gasteiger partial charge in [-0.1, -0.05) is 48.0 Å². The summed E-state index contributed by atoms with van der Waals surface area (Å²) in [4.78, 5) is 15.0. The average molecular weight is 381 g/mol. The predicted molar refractivity (Wildman–Crippen MR) is 113 cm³/mol. The van der Waals surface area contributed by atoms with E-state index in [1.807, 2.05) is 38.1 Å². The molecule has 0 radical (unpaired) electrons. The van der Waals surface area contributed by atoms with Crippen LogP contribution in [0.25, 0.3) is 0 Å². The van der Waals surface area contributed by atoms with Gasteiger partial charge in [0.05, 0.1) is 6.04 Å². The quantitative estimate of drug-likeness (QED) is 0.786. The highest BCUT2D eigenvalue weighted by Crippen LogP contribution is 2.20. The third kappa shape index (κ3) is 5.83. The minimum atomic E-state index is -0.00214. The monoisotopic (exact) mass is 380 g/mol. The van der Waals surface area contributed by atoms with Crippen LogP contribution in [0.1, 0.15) is 36.5 Å². The van der Waals surface area contributed by atoms with Crippen LogP contribution in [0.2, 0.25) is 0 Å². The normalized spacial score (nSPS) is 16.5. The van der Waals surface area contributed by atoms with E-state index in [0.29, 0.717) is 6.61 Å². The molecule has 0 unspecified atom stereocenters. The van der Waals surface area contributed by atoms with Crippen LogP contribution >= 0.6 is 0 Å². The maximum Gasteiger partial charge on any atom is 0.223 e. The van der Waals surface area contributed by atoms with Gasteiger partial charge in [-0.15, -0.1) is 0 Å². The molecule has 4 heteroatoms. The van der Waals surface area contributed by atoms with Crippen LogP contribution < -0.4 is 10.1 Å². The Labute approximate surface area is 168 Å². The minimum Gasteiger partial charge on any atom is -0.491 e. The maximum atomic E-state index is 12.6. The highest BCUT2D eigenvalue weighted by Gasteiger charge is 2.25. The first-order valence-electron chi connectivity index (χ1n) is 10.3. The summed E-state index contributed by atoms with van der Waals surface area (Å²) in [6.45, 7) is 9.55. The molecule has 150 valence electrons. The van der Waals surface area contributed by atoms with E-state index in [0.717, 1.165) is 43.8 Å². The molecule has 1 saturated heterocycles. The van der Waals surface area contributed by atoms with Crippen LogP contribution in [-0.2, 0) is 11.3 Å². The van der Waals surface area contributed by atoms with Gasteiger partial charge in [0.1, 0.15) is 12.4 Å². The van der Waals surface area contributed by atoms with Crippen molar-refractivity contribution in [1.82, 2.24) is 10.2 Å². The van der Waals surface area contributed by atoms with Crippen LogP contribution in [0.5, 0.6) is 5.75 Å². The SMILES string of the molecule is Cc1ccc(CN2CCC(C(=O)N[C@H](C)COc3ccccc3C)CC2)cc1. The van der Waals surface area contributed by atoms with Crippen molar-refractivity contribution in [1.29, 1.82) is 0 Å². The number of nitrogens with zero attached hydrogens (tertiary/aromatic N) is 1. The van der Waals surface area contributed by atoms with E-state index in [1.54, 1.807) is 0 Å². The summed E-state index contributed by atoms with van der Waals surface area (Å²) in [6.07, 6.45) is 1.84. The van der Waals surface area contributed by atoms with Crippen molar-refractivity contribution < 1.29 is 9.53 Å². The number of carbonyl (C=O) groups is 1. The van der Waals surface area contributed by atoms with Crippen LogP contribution in [0, 0.1) is 19.8 Å². The van der Waals surface area contributed by atoms with E-state index in [9.17, 15) is 4.79 Å². The van der Waals surface area contributed by atoms with Gasteiger partial charge in [0.25, 0.3) is 0 Å². The van der Waals surface area contributed by atoms with E-state index >= 15 is 0 Å². The van der Waals surface area contributed by atoms with E-state index in [-0.39, 0.29) is 17.9 Å². The molecule has 1 heterocycles. The van der Waals surface area contributed by atoms with Crippen LogP contribution in [0.4, 0.5) is 0 Å². The molecule has 1 aliphatic heterocycles. The third-order valence-electron chi connectivity index (χ3n) is 5.46. The lowest BCUT2D eigenvalue weighted by Crippen LogP contribution is -2.44. The number of amides is 1. The summed E-state index contributed by atoms with van der Waals surface area (Å²) in [5.41, 5.74) is 3.75. The Bertz CT molecular complexity index is 764. The Morgan fingerprint density at radius 2 is 1.79 bits per heavy atom. The summed E-state index contributed by atoms with van der Waals surface area (Å²) in [5.74, 6) is 1.15. The van der Waals surface area contributed by atoms with Crippen molar-refractivity contribution in [3.8, 4) is 5.75 Å². The van der Waals surface area contributed by atoms with Gasteiger partial charge in [0.15, 0.2) is 0 Å². The lowest BCUT2D eigenvalue weighted by Gasteiger charge is -2.32. The van der Waals surface area contributed by atoms with Gasteiger partial charge in [-0.3, -0.25) is 9.69 Å². The summed E-state index contributed by atoms with van der Waals surface area (Å²) in [5, 5.41) is 3.13. The number of ether oxygens (including phenoxy) is 1. The number of rotatable bonds is 7. The summed E-state index contributed by atoms with van der Waals surface area (Å²) >= 11 is 0. The zero-order valence-corrected chi connectivity index (χ0v) is 17.3. The molecule has 28 heavy (non-hydrogen) atoms. The molecule has 3 rings (SSSR count). The molecular formula is C24H32N2O2. The van der Waals surface area contributed by atoms with Crippen LogP contribution in [-0.4, -0.2) is 36.5 Å². The van der Waals surface area contributed by atoms with Gasteiger partial charge in [-0.2, -0.15) is 0 Å². The molecule has 1 atom stereocenters. The fourth-order valence-corrected chi connectivity index (χ4v) is 3.64. The van der Waals surface area contributed by atoms with E-state index in [1.165, 1.54) is 11.1 Å². The largest absolute Gasteiger partial charge is 0.491 e. The van der Waals surface area contributed by atoms with Gasteiger partial charge in [-0.05, 0) is 63.9 Å². The van der Waals surface area contributed by atoms with Crippen molar-refractivity contribution in [2.24, 2.45) is 5.92 Å². The number of piperidine rings is 1. The number of hydrogen-bond acceptors (Lipinski definition) is 3. The fourth-order valence-electron chi connectivity index (χ4n) is 3.64. The van der Waals surface area contributed by atoms with Crippen molar-refractivity contribution in [2.45, 2.75) is 46.2 Å². The Morgan fingerprint density at radius 3 is 2.46 bits per heavy atom. The Hall–Kier alpha value is -2.33. The number of nitrogens with one attached hydrogen (secondary N) is 1. The minimum absolute atomic E-state index is 0.00214. The molecule has 2 aromatic carbocycles. The lowest BCUT2D eigenvalue weighted by molar-refractivity contribution is -0.127. The Morgan fingerprint density at radius 1 is 1.11 bits per heavy atom. The smallest absolute Gasteiger partial charge is 0.223 e. The number of benzene rings is 2. The van der Waals surface area contributed by atoms with Crippen LogP contribution in [0.15, 0.2) is 48.5 Å². The number of likely N-dealkylation sites (tertiary alicyclic amines) is 1. The number of para-hydroxylation sites is 1. The zero-order valence-electron chi connectivity index (χ0n) is 17.3. The topological polar surface area (TPSA) is 41.6 Å². The van der Waals surface area contributed by atoms with Gasteiger partial charge >= 0.3 is 0 Å². The second-order valence-electron chi connectivity index (χ2n) is 8.02. The van der Waals surface area contributed by atoms with Crippen molar-refractivity contribution >= 4 is 5.91 Å².